The lowest BCUT2D eigenvalue weighted by molar-refractivity contribution is -0.139. The molecule has 0 unspecified atom stereocenters. The third kappa shape index (κ3) is 12.3. The second-order valence-electron chi connectivity index (χ2n) is 6.50. The van der Waals surface area contributed by atoms with Gasteiger partial charge in [0.1, 0.15) is 0 Å². The highest BCUT2D eigenvalue weighted by Crippen LogP contribution is 2.18. The van der Waals surface area contributed by atoms with E-state index in [1.807, 2.05) is 0 Å². The molecule has 0 spiro atoms. The van der Waals surface area contributed by atoms with Gasteiger partial charge in [0, 0.05) is 32.9 Å². The first-order chi connectivity index (χ1) is 12.0. The van der Waals surface area contributed by atoms with Crippen LogP contribution in [0.1, 0.15) is 71.1 Å². The Hall–Kier alpha value is -0.693. The number of hydrogen-bond donors (Lipinski definition) is 0. The fraction of sp³-hybridized carbons (Fsp3) is 0.842. The fourth-order valence-corrected chi connectivity index (χ4v) is 4.50. The first-order valence-electron chi connectivity index (χ1n) is 9.49. The molecule has 0 saturated carbocycles. The average molecular weight is 375 g/mol. The van der Waals surface area contributed by atoms with Crippen molar-refractivity contribution in [3.8, 4) is 0 Å². The van der Waals surface area contributed by atoms with Crippen molar-refractivity contribution in [2.45, 2.75) is 77.2 Å². The van der Waals surface area contributed by atoms with E-state index in [0.717, 1.165) is 25.3 Å². The summed E-state index contributed by atoms with van der Waals surface area (Å²) in [4.78, 5) is 11.2. The summed E-state index contributed by atoms with van der Waals surface area (Å²) in [5, 5.41) is 0. The molecule has 0 heterocycles. The monoisotopic (exact) mass is 374 g/mol. The molecule has 0 aromatic rings. The van der Waals surface area contributed by atoms with Gasteiger partial charge in [0.05, 0.1) is 6.61 Å². The van der Waals surface area contributed by atoms with Crippen LogP contribution in [0.25, 0.3) is 0 Å². The SMILES string of the molecule is C=C(C)C(=O)OCCCCCCCCCCCC[Si](OC)(OC)OC. The highest BCUT2D eigenvalue weighted by molar-refractivity contribution is 6.60. The highest BCUT2D eigenvalue weighted by atomic mass is 28.4. The maximum absolute atomic E-state index is 11.2. The summed E-state index contributed by atoms with van der Waals surface area (Å²) in [6, 6.07) is 0.895. The van der Waals surface area contributed by atoms with Gasteiger partial charge in [0.15, 0.2) is 0 Å². The van der Waals surface area contributed by atoms with Crippen molar-refractivity contribution in [1.29, 1.82) is 0 Å². The van der Waals surface area contributed by atoms with Crippen LogP contribution in [-0.2, 0) is 22.8 Å². The van der Waals surface area contributed by atoms with Crippen LogP contribution >= 0.6 is 0 Å². The minimum atomic E-state index is -2.36. The summed E-state index contributed by atoms with van der Waals surface area (Å²) in [7, 11) is 2.65. The molecule has 0 N–H and O–H groups in total. The Morgan fingerprint density at radius 2 is 1.16 bits per heavy atom. The van der Waals surface area contributed by atoms with Crippen LogP contribution in [0.3, 0.4) is 0 Å². The van der Waals surface area contributed by atoms with Crippen LogP contribution in [0.4, 0.5) is 0 Å². The predicted octanol–water partition coefficient (Wildman–Crippen LogP) is 4.88. The molecule has 0 aromatic carbocycles. The van der Waals surface area contributed by atoms with Gasteiger partial charge in [-0.25, -0.2) is 4.79 Å². The van der Waals surface area contributed by atoms with Gasteiger partial charge >= 0.3 is 14.8 Å². The second-order valence-corrected chi connectivity index (χ2v) is 9.59. The number of hydrogen-bond acceptors (Lipinski definition) is 5. The Morgan fingerprint density at radius 1 is 0.760 bits per heavy atom. The molecule has 148 valence electrons. The molecule has 0 fully saturated rings. The number of unbranched alkanes of at least 4 members (excludes halogenated alkanes) is 9. The minimum Gasteiger partial charge on any atom is -0.462 e. The van der Waals surface area contributed by atoms with Crippen LogP contribution in [0.2, 0.25) is 6.04 Å². The Labute approximate surface area is 155 Å². The molecule has 0 radical (unpaired) electrons. The lowest BCUT2D eigenvalue weighted by Crippen LogP contribution is -2.42. The summed E-state index contributed by atoms with van der Waals surface area (Å²) < 4.78 is 21.3. The Balaban J connectivity index is 3.34. The minimum absolute atomic E-state index is 0.276. The van der Waals surface area contributed by atoms with Crippen LogP contribution in [-0.4, -0.2) is 42.7 Å². The van der Waals surface area contributed by atoms with Crippen molar-refractivity contribution in [2.24, 2.45) is 0 Å². The molecular formula is C19H38O5Si. The van der Waals surface area contributed by atoms with E-state index in [1.54, 1.807) is 28.3 Å². The molecule has 0 atom stereocenters. The van der Waals surface area contributed by atoms with E-state index in [2.05, 4.69) is 6.58 Å². The van der Waals surface area contributed by atoms with Gasteiger partial charge in [0.2, 0.25) is 0 Å². The van der Waals surface area contributed by atoms with Crippen molar-refractivity contribution in [1.82, 2.24) is 0 Å². The molecule has 25 heavy (non-hydrogen) atoms. The van der Waals surface area contributed by atoms with Crippen molar-refractivity contribution in [3.63, 3.8) is 0 Å². The van der Waals surface area contributed by atoms with Crippen LogP contribution in [0.15, 0.2) is 12.2 Å². The van der Waals surface area contributed by atoms with Crippen molar-refractivity contribution < 1.29 is 22.8 Å². The van der Waals surface area contributed by atoms with E-state index in [4.69, 9.17) is 18.0 Å². The third-order valence-corrected chi connectivity index (χ3v) is 7.22. The van der Waals surface area contributed by atoms with Gasteiger partial charge in [-0.2, -0.15) is 0 Å². The van der Waals surface area contributed by atoms with Gasteiger partial charge in [-0.1, -0.05) is 57.9 Å². The standard InChI is InChI=1S/C19H38O5Si/c1-18(2)19(20)24-16-14-12-10-8-6-7-9-11-13-15-17-25(21-3,22-4)23-5/h1,6-17H2,2-5H3. The fourth-order valence-electron chi connectivity index (χ4n) is 2.70. The van der Waals surface area contributed by atoms with Gasteiger partial charge in [-0.15, -0.1) is 0 Å². The smallest absolute Gasteiger partial charge is 0.462 e. The molecule has 0 bridgehead atoms. The molecule has 0 aliphatic carbocycles. The summed E-state index contributed by atoms with van der Waals surface area (Å²) in [5.74, 6) is -0.276. The van der Waals surface area contributed by atoms with E-state index in [1.165, 1.54) is 44.9 Å². The van der Waals surface area contributed by atoms with Crippen LogP contribution < -0.4 is 0 Å². The van der Waals surface area contributed by atoms with Crippen molar-refractivity contribution >= 4 is 14.8 Å². The molecule has 0 aliphatic rings. The summed E-state index contributed by atoms with van der Waals surface area (Å²) >= 11 is 0. The van der Waals surface area contributed by atoms with Gasteiger partial charge in [0.25, 0.3) is 0 Å². The van der Waals surface area contributed by atoms with Gasteiger partial charge < -0.3 is 18.0 Å². The zero-order valence-electron chi connectivity index (χ0n) is 16.7. The molecule has 0 aliphatic heterocycles. The molecular weight excluding hydrogens is 336 g/mol. The lowest BCUT2D eigenvalue weighted by Gasteiger charge is -2.24. The number of carbonyl (C=O) groups excluding carboxylic acids is 1. The Kier molecular flexibility index (Phi) is 15.1. The maximum Gasteiger partial charge on any atom is 0.500 e. The quantitative estimate of drug-likeness (QED) is 0.157. The molecule has 0 amide bonds. The molecule has 5 nitrogen and oxygen atoms in total. The number of esters is 1. The number of rotatable bonds is 17. The zero-order valence-corrected chi connectivity index (χ0v) is 17.7. The number of carbonyl (C=O) groups is 1. The zero-order chi connectivity index (χ0) is 19.0. The summed E-state index contributed by atoms with van der Waals surface area (Å²) in [5.41, 5.74) is 0.472. The Bertz CT molecular complexity index is 347. The molecule has 0 rings (SSSR count). The van der Waals surface area contributed by atoms with Gasteiger partial charge in [-0.05, 0) is 19.8 Å². The van der Waals surface area contributed by atoms with Crippen LogP contribution in [0, 0.1) is 0 Å². The van der Waals surface area contributed by atoms with E-state index in [9.17, 15) is 4.79 Å². The van der Waals surface area contributed by atoms with Crippen LogP contribution in [0.5, 0.6) is 0 Å². The molecule has 0 saturated heterocycles. The first-order valence-corrected chi connectivity index (χ1v) is 11.4. The van der Waals surface area contributed by atoms with E-state index < -0.39 is 8.80 Å². The largest absolute Gasteiger partial charge is 0.500 e. The first kappa shape index (κ1) is 24.3. The highest BCUT2D eigenvalue weighted by Gasteiger charge is 2.36. The van der Waals surface area contributed by atoms with Crippen molar-refractivity contribution in [2.75, 3.05) is 27.9 Å². The number of ether oxygens (including phenoxy) is 1. The van der Waals surface area contributed by atoms with Crippen molar-refractivity contribution in [3.05, 3.63) is 12.2 Å². The van der Waals surface area contributed by atoms with Gasteiger partial charge in [-0.3, -0.25) is 0 Å². The second kappa shape index (κ2) is 15.6. The summed E-state index contributed by atoms with van der Waals surface area (Å²) in [6.07, 6.45) is 12.0. The molecule has 0 aromatic heterocycles. The van der Waals surface area contributed by atoms with E-state index in [0.29, 0.717) is 12.2 Å². The maximum atomic E-state index is 11.2. The van der Waals surface area contributed by atoms with E-state index in [-0.39, 0.29) is 5.97 Å². The topological polar surface area (TPSA) is 54.0 Å². The average Bonchev–Trinajstić information content (AvgIpc) is 2.62. The lowest BCUT2D eigenvalue weighted by atomic mass is 10.1. The third-order valence-electron chi connectivity index (χ3n) is 4.39. The predicted molar refractivity (Wildman–Crippen MR) is 104 cm³/mol. The normalized spacial score (nSPS) is 11.5. The van der Waals surface area contributed by atoms with E-state index >= 15 is 0 Å². The molecule has 6 heteroatoms. The summed E-state index contributed by atoms with van der Waals surface area (Å²) in [6.45, 7) is 5.75. The Morgan fingerprint density at radius 3 is 1.56 bits per heavy atom.